The number of hydrogen-bond donors (Lipinski definition) is 0. The van der Waals surface area contributed by atoms with E-state index in [9.17, 15) is 4.79 Å². The number of carbonyl (C=O) groups excluding carboxylic acids is 1. The first kappa shape index (κ1) is 20.6. The summed E-state index contributed by atoms with van der Waals surface area (Å²) in [7, 11) is 0. The fourth-order valence-corrected chi connectivity index (χ4v) is 3.11. The first-order chi connectivity index (χ1) is 14.0. The fourth-order valence-electron chi connectivity index (χ4n) is 3.11. The van der Waals surface area contributed by atoms with Crippen LogP contribution in [0.1, 0.15) is 41.5 Å². The van der Waals surface area contributed by atoms with E-state index in [0.29, 0.717) is 24.8 Å². The summed E-state index contributed by atoms with van der Waals surface area (Å²) < 4.78 is 16.7. The lowest BCUT2D eigenvalue weighted by atomic mass is 10.1. The van der Waals surface area contributed by atoms with Gasteiger partial charge in [-0.15, -0.1) is 10.2 Å². The van der Waals surface area contributed by atoms with Gasteiger partial charge >= 0.3 is 5.97 Å². The summed E-state index contributed by atoms with van der Waals surface area (Å²) in [6.07, 6.45) is 0.531. The highest BCUT2D eigenvalue weighted by atomic mass is 16.5. The summed E-state index contributed by atoms with van der Waals surface area (Å²) >= 11 is 0. The Kier molecular flexibility index (Phi) is 6.65. The van der Waals surface area contributed by atoms with Crippen LogP contribution in [0.3, 0.4) is 0 Å². The van der Waals surface area contributed by atoms with E-state index in [-0.39, 0.29) is 19.0 Å². The van der Waals surface area contributed by atoms with Crippen molar-refractivity contribution < 1.29 is 18.7 Å². The Morgan fingerprint density at radius 2 is 1.72 bits per heavy atom. The van der Waals surface area contributed by atoms with Gasteiger partial charge in [-0.25, -0.2) is 0 Å². The third kappa shape index (κ3) is 5.44. The minimum absolute atomic E-state index is 0.185. The number of rotatable bonds is 8. The molecule has 3 rings (SSSR count). The van der Waals surface area contributed by atoms with Gasteiger partial charge in [-0.3, -0.25) is 4.79 Å². The van der Waals surface area contributed by atoms with Gasteiger partial charge in [-0.2, -0.15) is 0 Å². The van der Waals surface area contributed by atoms with Crippen molar-refractivity contribution in [2.75, 3.05) is 6.61 Å². The van der Waals surface area contributed by atoms with Gasteiger partial charge in [0.25, 0.3) is 0 Å². The topological polar surface area (TPSA) is 74.5 Å². The number of aromatic nitrogens is 2. The van der Waals surface area contributed by atoms with Gasteiger partial charge < -0.3 is 13.9 Å². The lowest BCUT2D eigenvalue weighted by Crippen LogP contribution is -2.07. The molecule has 152 valence electrons. The highest BCUT2D eigenvalue weighted by Gasteiger charge is 2.12. The number of benzene rings is 2. The summed E-state index contributed by atoms with van der Waals surface area (Å²) in [4.78, 5) is 12.1. The average molecular weight is 394 g/mol. The molecule has 0 saturated carbocycles. The first-order valence-electron chi connectivity index (χ1n) is 9.74. The molecule has 3 aromatic rings. The van der Waals surface area contributed by atoms with Crippen LogP contribution in [0.4, 0.5) is 0 Å². The molecule has 0 spiro atoms. The second-order valence-corrected chi connectivity index (χ2v) is 7.02. The van der Waals surface area contributed by atoms with Gasteiger partial charge in [-0.05, 0) is 68.7 Å². The van der Waals surface area contributed by atoms with Gasteiger partial charge in [0.1, 0.15) is 12.4 Å². The van der Waals surface area contributed by atoms with E-state index in [1.807, 2.05) is 64.1 Å². The molecule has 0 N–H and O–H groups in total. The van der Waals surface area contributed by atoms with Gasteiger partial charge in [0, 0.05) is 12.0 Å². The van der Waals surface area contributed by atoms with Crippen LogP contribution in [0, 0.1) is 20.8 Å². The largest absolute Gasteiger partial charge is 0.493 e. The minimum atomic E-state index is -0.302. The predicted octanol–water partition coefficient (Wildman–Crippen LogP) is 4.74. The molecule has 6 nitrogen and oxygen atoms in total. The van der Waals surface area contributed by atoms with Crippen molar-refractivity contribution in [3.8, 4) is 17.2 Å². The zero-order valence-corrected chi connectivity index (χ0v) is 17.3. The van der Waals surface area contributed by atoms with E-state index >= 15 is 0 Å². The molecule has 0 bridgehead atoms. The van der Waals surface area contributed by atoms with Crippen molar-refractivity contribution in [3.05, 3.63) is 64.5 Å². The van der Waals surface area contributed by atoms with Crippen LogP contribution in [0.15, 0.2) is 40.8 Å². The SMILES string of the molecule is CCOc1c(C)cc(COC(=O)CCc2nnc(-c3ccc(C)cc3)o2)cc1C. The van der Waals surface area contributed by atoms with E-state index in [1.54, 1.807) is 0 Å². The van der Waals surface area contributed by atoms with Crippen LogP contribution in [0.2, 0.25) is 0 Å². The summed E-state index contributed by atoms with van der Waals surface area (Å²) in [5.74, 6) is 1.46. The van der Waals surface area contributed by atoms with Crippen LogP contribution >= 0.6 is 0 Å². The van der Waals surface area contributed by atoms with Gasteiger partial charge in [0.2, 0.25) is 11.8 Å². The van der Waals surface area contributed by atoms with Crippen LogP contribution in [0.25, 0.3) is 11.5 Å². The molecule has 1 aromatic heterocycles. The van der Waals surface area contributed by atoms with Crippen molar-refractivity contribution >= 4 is 5.97 Å². The monoisotopic (exact) mass is 394 g/mol. The summed E-state index contributed by atoms with van der Waals surface area (Å²) in [5, 5.41) is 8.07. The number of carbonyl (C=O) groups is 1. The molecule has 0 aliphatic carbocycles. The zero-order valence-electron chi connectivity index (χ0n) is 17.3. The lowest BCUT2D eigenvalue weighted by Gasteiger charge is -2.13. The Morgan fingerprint density at radius 3 is 2.38 bits per heavy atom. The number of aryl methyl sites for hydroxylation is 4. The van der Waals surface area contributed by atoms with E-state index in [2.05, 4.69) is 10.2 Å². The smallest absolute Gasteiger partial charge is 0.306 e. The van der Waals surface area contributed by atoms with Crippen LogP contribution < -0.4 is 4.74 Å². The van der Waals surface area contributed by atoms with E-state index in [4.69, 9.17) is 13.9 Å². The Balaban J connectivity index is 1.51. The molecule has 29 heavy (non-hydrogen) atoms. The molecular weight excluding hydrogens is 368 g/mol. The van der Waals surface area contributed by atoms with Crippen molar-refractivity contribution in [3.63, 3.8) is 0 Å². The van der Waals surface area contributed by atoms with Crippen molar-refractivity contribution in [1.29, 1.82) is 0 Å². The van der Waals surface area contributed by atoms with Gasteiger partial charge in [0.15, 0.2) is 0 Å². The second kappa shape index (κ2) is 9.37. The summed E-state index contributed by atoms with van der Waals surface area (Å²) in [6, 6.07) is 11.8. The summed E-state index contributed by atoms with van der Waals surface area (Å²) in [6.45, 7) is 8.81. The molecule has 0 atom stereocenters. The molecule has 6 heteroatoms. The molecule has 1 heterocycles. The second-order valence-electron chi connectivity index (χ2n) is 7.02. The van der Waals surface area contributed by atoms with Gasteiger partial charge in [0.05, 0.1) is 13.0 Å². The quantitative estimate of drug-likeness (QED) is 0.514. The molecule has 0 radical (unpaired) electrons. The number of ether oxygens (including phenoxy) is 2. The molecule has 2 aromatic carbocycles. The maximum Gasteiger partial charge on any atom is 0.306 e. The normalized spacial score (nSPS) is 10.8. The predicted molar refractivity (Wildman–Crippen MR) is 110 cm³/mol. The number of esters is 1. The Bertz CT molecular complexity index is 954. The zero-order chi connectivity index (χ0) is 20.8. The third-order valence-electron chi connectivity index (χ3n) is 4.52. The molecule has 0 aliphatic heterocycles. The molecular formula is C23H26N2O4. The van der Waals surface area contributed by atoms with E-state index < -0.39 is 0 Å². The number of hydrogen-bond acceptors (Lipinski definition) is 6. The van der Waals surface area contributed by atoms with Crippen LogP contribution in [-0.2, 0) is 22.6 Å². The third-order valence-corrected chi connectivity index (χ3v) is 4.52. The van der Waals surface area contributed by atoms with Crippen molar-refractivity contribution in [1.82, 2.24) is 10.2 Å². The molecule has 0 amide bonds. The van der Waals surface area contributed by atoms with Crippen molar-refractivity contribution in [2.45, 2.75) is 47.1 Å². The Morgan fingerprint density at radius 1 is 1.03 bits per heavy atom. The molecule has 0 fully saturated rings. The summed E-state index contributed by atoms with van der Waals surface area (Å²) in [5.41, 5.74) is 5.03. The lowest BCUT2D eigenvalue weighted by molar-refractivity contribution is -0.145. The fraction of sp³-hybridized carbons (Fsp3) is 0.348. The Labute approximate surface area is 170 Å². The van der Waals surface area contributed by atoms with E-state index in [0.717, 1.165) is 33.6 Å². The first-order valence-corrected chi connectivity index (χ1v) is 9.74. The van der Waals surface area contributed by atoms with Crippen LogP contribution in [-0.4, -0.2) is 22.8 Å². The highest BCUT2D eigenvalue weighted by molar-refractivity contribution is 5.69. The molecule has 0 saturated heterocycles. The van der Waals surface area contributed by atoms with Gasteiger partial charge in [-0.1, -0.05) is 17.7 Å². The van der Waals surface area contributed by atoms with E-state index in [1.165, 1.54) is 0 Å². The molecule has 0 aliphatic rings. The van der Waals surface area contributed by atoms with Crippen LogP contribution in [0.5, 0.6) is 5.75 Å². The maximum atomic E-state index is 12.1. The highest BCUT2D eigenvalue weighted by Crippen LogP contribution is 2.25. The minimum Gasteiger partial charge on any atom is -0.493 e. The molecule has 0 unspecified atom stereocenters. The standard InChI is InChI=1S/C23H26N2O4/c1-5-27-22-16(3)12-18(13-17(22)4)14-28-21(26)11-10-20-24-25-23(29-20)19-8-6-15(2)7-9-19/h6-9,12-13H,5,10-11,14H2,1-4H3. The Hall–Kier alpha value is -3.15. The number of nitrogens with zero attached hydrogens (tertiary/aromatic N) is 2. The van der Waals surface area contributed by atoms with Crippen molar-refractivity contribution in [2.24, 2.45) is 0 Å². The maximum absolute atomic E-state index is 12.1. The average Bonchev–Trinajstić information content (AvgIpc) is 3.17.